The minimum atomic E-state index is 0.231. The van der Waals surface area contributed by atoms with E-state index in [0.29, 0.717) is 0 Å². The average Bonchev–Trinajstić information content (AvgIpc) is 2.94. The van der Waals surface area contributed by atoms with E-state index in [1.165, 1.54) is 19.3 Å². The lowest BCUT2D eigenvalue weighted by atomic mass is 10.0. The highest BCUT2D eigenvalue weighted by atomic mass is 16.2. The van der Waals surface area contributed by atoms with E-state index in [-0.39, 0.29) is 5.91 Å². The average molecular weight is 197 g/mol. The number of rotatable bonds is 6. The molecule has 1 aliphatic rings. The molecule has 82 valence electrons. The predicted molar refractivity (Wildman–Crippen MR) is 59.1 cm³/mol. The monoisotopic (exact) mass is 197 g/mol. The highest BCUT2D eigenvalue weighted by molar-refractivity contribution is 5.73. The second-order valence-electron chi connectivity index (χ2n) is 4.61. The summed E-state index contributed by atoms with van der Waals surface area (Å²) in [6, 6.07) is 0. The fourth-order valence-electron chi connectivity index (χ4n) is 1.96. The molecular weight excluding hydrogens is 174 g/mol. The Kier molecular flexibility index (Phi) is 4.43. The van der Waals surface area contributed by atoms with E-state index in [1.54, 1.807) is 6.92 Å². The fourth-order valence-corrected chi connectivity index (χ4v) is 1.96. The SMILES string of the molecule is CCCN(CCC(C)C1CC1)C(C)=O. The zero-order valence-corrected chi connectivity index (χ0v) is 9.75. The Labute approximate surface area is 87.7 Å². The Hall–Kier alpha value is -0.530. The van der Waals surface area contributed by atoms with E-state index in [9.17, 15) is 4.79 Å². The van der Waals surface area contributed by atoms with Gasteiger partial charge in [0.2, 0.25) is 5.91 Å². The van der Waals surface area contributed by atoms with Crippen LogP contribution in [0.25, 0.3) is 0 Å². The lowest BCUT2D eigenvalue weighted by Gasteiger charge is -2.22. The molecule has 0 aliphatic heterocycles. The van der Waals surface area contributed by atoms with Crippen molar-refractivity contribution in [2.45, 2.75) is 46.5 Å². The standard InChI is InChI=1S/C12H23NO/c1-4-8-13(11(3)14)9-7-10(2)12-5-6-12/h10,12H,4-9H2,1-3H3. The number of amides is 1. The van der Waals surface area contributed by atoms with Crippen molar-refractivity contribution < 1.29 is 4.79 Å². The number of nitrogens with zero attached hydrogens (tertiary/aromatic N) is 1. The molecule has 2 heteroatoms. The summed E-state index contributed by atoms with van der Waals surface area (Å²) in [5.41, 5.74) is 0. The fraction of sp³-hybridized carbons (Fsp3) is 0.917. The predicted octanol–water partition coefficient (Wildman–Crippen LogP) is 2.68. The molecule has 0 radical (unpaired) electrons. The second-order valence-corrected chi connectivity index (χ2v) is 4.61. The molecule has 1 unspecified atom stereocenters. The van der Waals surface area contributed by atoms with Crippen LogP contribution in [0.5, 0.6) is 0 Å². The van der Waals surface area contributed by atoms with Crippen LogP contribution in [-0.2, 0) is 4.79 Å². The molecule has 0 N–H and O–H groups in total. The minimum Gasteiger partial charge on any atom is -0.343 e. The smallest absolute Gasteiger partial charge is 0.219 e. The van der Waals surface area contributed by atoms with Crippen LogP contribution in [0.15, 0.2) is 0 Å². The molecule has 1 atom stereocenters. The molecule has 14 heavy (non-hydrogen) atoms. The quantitative estimate of drug-likeness (QED) is 0.641. The van der Waals surface area contributed by atoms with Crippen LogP contribution in [0.1, 0.15) is 46.5 Å². The lowest BCUT2D eigenvalue weighted by Crippen LogP contribution is -2.31. The van der Waals surface area contributed by atoms with Crippen molar-refractivity contribution >= 4 is 5.91 Å². The van der Waals surface area contributed by atoms with Gasteiger partial charge in [-0.3, -0.25) is 4.79 Å². The van der Waals surface area contributed by atoms with Gasteiger partial charge in [-0.05, 0) is 37.5 Å². The van der Waals surface area contributed by atoms with Gasteiger partial charge in [0, 0.05) is 20.0 Å². The molecule has 0 aromatic heterocycles. The Balaban J connectivity index is 2.20. The zero-order valence-electron chi connectivity index (χ0n) is 9.75. The van der Waals surface area contributed by atoms with E-state index in [4.69, 9.17) is 0 Å². The van der Waals surface area contributed by atoms with Crippen LogP contribution in [-0.4, -0.2) is 23.9 Å². The lowest BCUT2D eigenvalue weighted by molar-refractivity contribution is -0.129. The van der Waals surface area contributed by atoms with Crippen molar-refractivity contribution in [2.24, 2.45) is 11.8 Å². The van der Waals surface area contributed by atoms with E-state index in [0.717, 1.165) is 31.3 Å². The summed E-state index contributed by atoms with van der Waals surface area (Å²) in [6.45, 7) is 8.01. The van der Waals surface area contributed by atoms with Gasteiger partial charge < -0.3 is 4.90 Å². The Morgan fingerprint density at radius 1 is 1.43 bits per heavy atom. The molecule has 2 nitrogen and oxygen atoms in total. The molecule has 0 heterocycles. The first-order valence-electron chi connectivity index (χ1n) is 5.90. The maximum absolute atomic E-state index is 11.3. The maximum Gasteiger partial charge on any atom is 0.219 e. The van der Waals surface area contributed by atoms with Gasteiger partial charge in [-0.15, -0.1) is 0 Å². The number of carbonyl (C=O) groups is 1. The Morgan fingerprint density at radius 2 is 2.07 bits per heavy atom. The van der Waals surface area contributed by atoms with Gasteiger partial charge >= 0.3 is 0 Å². The first-order valence-corrected chi connectivity index (χ1v) is 5.90. The van der Waals surface area contributed by atoms with Gasteiger partial charge in [0.1, 0.15) is 0 Å². The molecule has 0 bridgehead atoms. The molecule has 1 amide bonds. The van der Waals surface area contributed by atoms with E-state index in [2.05, 4.69) is 13.8 Å². The summed E-state index contributed by atoms with van der Waals surface area (Å²) in [5.74, 6) is 2.01. The van der Waals surface area contributed by atoms with Crippen molar-refractivity contribution in [1.82, 2.24) is 4.90 Å². The van der Waals surface area contributed by atoms with Crippen molar-refractivity contribution in [3.8, 4) is 0 Å². The Morgan fingerprint density at radius 3 is 2.50 bits per heavy atom. The highest BCUT2D eigenvalue weighted by Gasteiger charge is 2.27. The van der Waals surface area contributed by atoms with Crippen LogP contribution < -0.4 is 0 Å². The van der Waals surface area contributed by atoms with Gasteiger partial charge in [-0.1, -0.05) is 13.8 Å². The largest absolute Gasteiger partial charge is 0.343 e. The molecule has 0 spiro atoms. The molecule has 0 saturated heterocycles. The normalized spacial score (nSPS) is 17.9. The first kappa shape index (κ1) is 11.5. The van der Waals surface area contributed by atoms with Crippen LogP contribution in [0, 0.1) is 11.8 Å². The van der Waals surface area contributed by atoms with Crippen LogP contribution in [0.3, 0.4) is 0 Å². The summed E-state index contributed by atoms with van der Waals surface area (Å²) in [7, 11) is 0. The molecule has 1 rings (SSSR count). The summed E-state index contributed by atoms with van der Waals surface area (Å²) in [6.07, 6.45) is 5.08. The highest BCUT2D eigenvalue weighted by Crippen LogP contribution is 2.38. The van der Waals surface area contributed by atoms with Crippen LogP contribution >= 0.6 is 0 Å². The summed E-state index contributed by atoms with van der Waals surface area (Å²) in [5, 5.41) is 0. The second kappa shape index (κ2) is 5.38. The maximum atomic E-state index is 11.3. The third kappa shape index (κ3) is 3.69. The Bertz CT molecular complexity index is 187. The molecule has 1 fully saturated rings. The topological polar surface area (TPSA) is 20.3 Å². The molecular formula is C12H23NO. The number of hydrogen-bond acceptors (Lipinski definition) is 1. The molecule has 1 aliphatic carbocycles. The van der Waals surface area contributed by atoms with E-state index < -0.39 is 0 Å². The van der Waals surface area contributed by atoms with Crippen LogP contribution in [0.4, 0.5) is 0 Å². The van der Waals surface area contributed by atoms with Crippen molar-refractivity contribution in [3.63, 3.8) is 0 Å². The first-order chi connectivity index (χ1) is 6.65. The molecule has 0 aromatic carbocycles. The van der Waals surface area contributed by atoms with Gasteiger partial charge in [0.15, 0.2) is 0 Å². The van der Waals surface area contributed by atoms with Crippen molar-refractivity contribution in [3.05, 3.63) is 0 Å². The van der Waals surface area contributed by atoms with E-state index in [1.807, 2.05) is 4.90 Å². The van der Waals surface area contributed by atoms with Gasteiger partial charge in [0.05, 0.1) is 0 Å². The number of hydrogen-bond donors (Lipinski definition) is 0. The van der Waals surface area contributed by atoms with Crippen LogP contribution in [0.2, 0.25) is 0 Å². The molecule has 1 saturated carbocycles. The van der Waals surface area contributed by atoms with Gasteiger partial charge in [-0.25, -0.2) is 0 Å². The summed E-state index contributed by atoms with van der Waals surface area (Å²) < 4.78 is 0. The van der Waals surface area contributed by atoms with E-state index >= 15 is 0 Å². The molecule has 0 aromatic rings. The minimum absolute atomic E-state index is 0.231. The third-order valence-corrected chi connectivity index (χ3v) is 3.22. The van der Waals surface area contributed by atoms with Gasteiger partial charge in [0.25, 0.3) is 0 Å². The van der Waals surface area contributed by atoms with Crippen molar-refractivity contribution in [1.29, 1.82) is 0 Å². The summed E-state index contributed by atoms with van der Waals surface area (Å²) in [4.78, 5) is 13.2. The number of carbonyl (C=O) groups excluding carboxylic acids is 1. The zero-order chi connectivity index (χ0) is 10.6. The van der Waals surface area contributed by atoms with Gasteiger partial charge in [-0.2, -0.15) is 0 Å². The summed E-state index contributed by atoms with van der Waals surface area (Å²) >= 11 is 0. The van der Waals surface area contributed by atoms with Crippen molar-refractivity contribution in [2.75, 3.05) is 13.1 Å². The third-order valence-electron chi connectivity index (χ3n) is 3.22.